The van der Waals surface area contributed by atoms with Crippen molar-refractivity contribution in [2.24, 2.45) is 0 Å². The SMILES string of the molecule is C=C(C=[C+]Cc1ccccc1)CCC(C)c1ccc(C(C)(O)c2ccccc2)cc1. The Hall–Kier alpha value is -2.99. The van der Waals surface area contributed by atoms with Crippen molar-refractivity contribution in [2.45, 2.75) is 44.6 Å². The molecular weight excluding hydrogens is 364 g/mol. The number of hydrogen-bond donors (Lipinski definition) is 1. The first-order valence-corrected chi connectivity index (χ1v) is 10.6. The highest BCUT2D eigenvalue weighted by atomic mass is 16.3. The second kappa shape index (κ2) is 10.2. The lowest BCUT2D eigenvalue weighted by atomic mass is 9.86. The molecule has 152 valence electrons. The smallest absolute Gasteiger partial charge is 0.157 e. The van der Waals surface area contributed by atoms with Crippen LogP contribution in [0.3, 0.4) is 0 Å². The minimum Gasteiger partial charge on any atom is -0.381 e. The Balaban J connectivity index is 1.53. The van der Waals surface area contributed by atoms with E-state index in [2.05, 4.69) is 56.0 Å². The molecule has 0 heterocycles. The van der Waals surface area contributed by atoms with Gasteiger partial charge in [-0.3, -0.25) is 0 Å². The Morgan fingerprint density at radius 1 is 0.933 bits per heavy atom. The fraction of sp³-hybridized carbons (Fsp3) is 0.241. The molecule has 1 nitrogen and oxygen atoms in total. The van der Waals surface area contributed by atoms with Gasteiger partial charge in [-0.1, -0.05) is 91.9 Å². The Labute approximate surface area is 181 Å². The zero-order valence-corrected chi connectivity index (χ0v) is 18.0. The van der Waals surface area contributed by atoms with Crippen LogP contribution >= 0.6 is 0 Å². The van der Waals surface area contributed by atoms with Crippen molar-refractivity contribution in [2.75, 3.05) is 0 Å². The van der Waals surface area contributed by atoms with E-state index in [1.807, 2.05) is 61.5 Å². The van der Waals surface area contributed by atoms with Crippen LogP contribution in [0, 0.1) is 6.08 Å². The molecule has 0 radical (unpaired) electrons. The van der Waals surface area contributed by atoms with Crippen molar-refractivity contribution in [3.8, 4) is 0 Å². The van der Waals surface area contributed by atoms with Crippen molar-refractivity contribution in [1.82, 2.24) is 0 Å². The number of rotatable bonds is 9. The largest absolute Gasteiger partial charge is 0.381 e. The van der Waals surface area contributed by atoms with E-state index in [1.54, 1.807) is 0 Å². The molecule has 30 heavy (non-hydrogen) atoms. The van der Waals surface area contributed by atoms with E-state index in [-0.39, 0.29) is 0 Å². The first kappa shape index (κ1) is 21.7. The lowest BCUT2D eigenvalue weighted by Crippen LogP contribution is -2.22. The number of benzene rings is 3. The van der Waals surface area contributed by atoms with Gasteiger partial charge in [0.25, 0.3) is 0 Å². The van der Waals surface area contributed by atoms with E-state index in [4.69, 9.17) is 0 Å². The third-order valence-corrected chi connectivity index (χ3v) is 5.73. The highest BCUT2D eigenvalue weighted by Gasteiger charge is 2.25. The van der Waals surface area contributed by atoms with Crippen molar-refractivity contribution in [1.29, 1.82) is 0 Å². The van der Waals surface area contributed by atoms with Gasteiger partial charge in [0.15, 0.2) is 6.08 Å². The van der Waals surface area contributed by atoms with Crippen LogP contribution in [0.2, 0.25) is 0 Å². The lowest BCUT2D eigenvalue weighted by molar-refractivity contribution is 0.102. The highest BCUT2D eigenvalue weighted by molar-refractivity contribution is 5.37. The molecule has 0 aliphatic carbocycles. The monoisotopic (exact) mass is 395 g/mol. The molecule has 0 saturated heterocycles. The Morgan fingerprint density at radius 2 is 1.50 bits per heavy atom. The number of allylic oxidation sites excluding steroid dienone is 3. The summed E-state index contributed by atoms with van der Waals surface area (Å²) >= 11 is 0. The first-order valence-electron chi connectivity index (χ1n) is 10.6. The Bertz CT molecular complexity index is 950. The van der Waals surface area contributed by atoms with Gasteiger partial charge in [0.1, 0.15) is 12.0 Å². The van der Waals surface area contributed by atoms with E-state index in [0.29, 0.717) is 5.92 Å². The molecule has 3 rings (SSSR count). The molecule has 0 spiro atoms. The molecule has 1 heteroatoms. The number of aliphatic hydroxyl groups is 1. The molecule has 0 aromatic heterocycles. The molecule has 0 fully saturated rings. The Morgan fingerprint density at radius 3 is 2.13 bits per heavy atom. The van der Waals surface area contributed by atoms with Gasteiger partial charge in [-0.15, -0.1) is 0 Å². The van der Waals surface area contributed by atoms with E-state index in [0.717, 1.165) is 36.0 Å². The predicted octanol–water partition coefficient (Wildman–Crippen LogP) is 6.98. The summed E-state index contributed by atoms with van der Waals surface area (Å²) in [6.07, 6.45) is 8.19. The van der Waals surface area contributed by atoms with Crippen LogP contribution in [0.15, 0.2) is 103 Å². The molecule has 1 N–H and O–H groups in total. The standard InChI is InChI=1S/C29H31O/c1-23(11-10-14-25-12-6-4-7-13-25)17-18-24(2)26-19-21-28(22-20-26)29(3,30)27-15-8-5-9-16-27/h4-9,11-13,15-16,19-22,24,30H,1,14,17-18H2,2-3H3/q+1. The average molecular weight is 396 g/mol. The number of hydrogen-bond acceptors (Lipinski definition) is 1. The van der Waals surface area contributed by atoms with Crippen molar-refractivity contribution >= 4 is 0 Å². The van der Waals surface area contributed by atoms with Crippen LogP contribution in [0.5, 0.6) is 0 Å². The van der Waals surface area contributed by atoms with Gasteiger partial charge < -0.3 is 5.11 Å². The van der Waals surface area contributed by atoms with E-state index < -0.39 is 5.60 Å². The Kier molecular flexibility index (Phi) is 7.36. The zero-order valence-electron chi connectivity index (χ0n) is 18.0. The summed E-state index contributed by atoms with van der Waals surface area (Å²) in [5.74, 6) is 0.431. The van der Waals surface area contributed by atoms with Crippen LogP contribution < -0.4 is 0 Å². The van der Waals surface area contributed by atoms with Gasteiger partial charge in [-0.05, 0) is 48.1 Å². The molecule has 0 aliphatic rings. The maximum atomic E-state index is 11.0. The minimum atomic E-state index is -0.989. The third-order valence-electron chi connectivity index (χ3n) is 5.73. The van der Waals surface area contributed by atoms with Crippen LogP contribution in [-0.4, -0.2) is 5.11 Å². The first-order chi connectivity index (χ1) is 14.5. The van der Waals surface area contributed by atoms with Crippen LogP contribution in [0.4, 0.5) is 0 Å². The quantitative estimate of drug-likeness (QED) is 0.306. The van der Waals surface area contributed by atoms with Gasteiger partial charge in [0.2, 0.25) is 0 Å². The normalized spacial score (nSPS) is 14.1. The maximum Gasteiger partial charge on any atom is 0.157 e. The summed E-state index contributed by atoms with van der Waals surface area (Å²) < 4.78 is 0. The summed E-state index contributed by atoms with van der Waals surface area (Å²) in [6, 6.07) is 28.5. The fourth-order valence-electron chi connectivity index (χ4n) is 3.62. The van der Waals surface area contributed by atoms with Crippen LogP contribution in [0.25, 0.3) is 0 Å². The van der Waals surface area contributed by atoms with Gasteiger partial charge in [-0.2, -0.15) is 0 Å². The molecule has 0 saturated carbocycles. The molecule has 3 aromatic carbocycles. The summed E-state index contributed by atoms with van der Waals surface area (Å²) in [6.45, 7) is 8.28. The van der Waals surface area contributed by atoms with Crippen LogP contribution in [-0.2, 0) is 12.0 Å². The highest BCUT2D eigenvalue weighted by Crippen LogP contribution is 2.31. The minimum absolute atomic E-state index is 0.431. The van der Waals surface area contributed by atoms with E-state index >= 15 is 0 Å². The van der Waals surface area contributed by atoms with Gasteiger partial charge in [0.05, 0.1) is 11.6 Å². The molecule has 2 unspecified atom stereocenters. The third kappa shape index (κ3) is 5.76. The molecule has 3 aromatic rings. The van der Waals surface area contributed by atoms with Crippen molar-refractivity contribution in [3.63, 3.8) is 0 Å². The molecular formula is C29H31O+. The molecule has 0 bridgehead atoms. The van der Waals surface area contributed by atoms with Crippen molar-refractivity contribution in [3.05, 3.63) is 131 Å². The lowest BCUT2D eigenvalue weighted by Gasteiger charge is -2.25. The average Bonchev–Trinajstić information content (AvgIpc) is 2.79. The second-order valence-corrected chi connectivity index (χ2v) is 8.17. The van der Waals surface area contributed by atoms with Gasteiger partial charge in [-0.25, -0.2) is 0 Å². The second-order valence-electron chi connectivity index (χ2n) is 8.17. The van der Waals surface area contributed by atoms with Gasteiger partial charge >= 0.3 is 0 Å². The predicted molar refractivity (Wildman–Crippen MR) is 126 cm³/mol. The summed E-state index contributed by atoms with van der Waals surface area (Å²) in [7, 11) is 0. The molecule has 0 amide bonds. The molecule has 0 aliphatic heterocycles. The summed E-state index contributed by atoms with van der Waals surface area (Å²) in [4.78, 5) is 0. The molecule has 2 atom stereocenters. The zero-order chi connectivity index (χ0) is 21.4. The summed E-state index contributed by atoms with van der Waals surface area (Å²) in [5.41, 5.74) is 4.49. The maximum absolute atomic E-state index is 11.0. The van der Waals surface area contributed by atoms with Crippen molar-refractivity contribution < 1.29 is 5.11 Å². The topological polar surface area (TPSA) is 20.2 Å². The van der Waals surface area contributed by atoms with Gasteiger partial charge in [0, 0.05) is 6.42 Å². The van der Waals surface area contributed by atoms with Crippen LogP contribution in [0.1, 0.15) is 54.9 Å². The van der Waals surface area contributed by atoms with E-state index in [9.17, 15) is 5.11 Å². The van der Waals surface area contributed by atoms with E-state index in [1.165, 1.54) is 11.1 Å². The summed E-state index contributed by atoms with van der Waals surface area (Å²) in [5, 5.41) is 11.0. The fourth-order valence-corrected chi connectivity index (χ4v) is 3.62.